The molecule has 54 heavy (non-hydrogen) atoms. The van der Waals surface area contributed by atoms with Crippen LogP contribution in [-0.2, 0) is 5.41 Å². The maximum absolute atomic E-state index is 6.94. The Balaban J connectivity index is 1.35. The molecule has 0 N–H and O–H groups in total. The molecule has 1 aliphatic carbocycles. The van der Waals surface area contributed by atoms with Crippen LogP contribution in [0.5, 0.6) is 0 Å². The molecule has 0 fully saturated rings. The van der Waals surface area contributed by atoms with Crippen LogP contribution < -0.4 is 0 Å². The number of hydrogen-bond acceptors (Lipinski definition) is 2. The fourth-order valence-electron chi connectivity index (χ4n) is 8.95. The number of nitrogens with zero attached hydrogens (tertiary/aromatic N) is 1. The molecule has 256 valence electrons. The van der Waals surface area contributed by atoms with Gasteiger partial charge in [0.15, 0.2) is 0 Å². The monoisotopic (exact) mass is 693 g/mol. The number of benzene rings is 7. The highest BCUT2D eigenvalue weighted by Gasteiger charge is 2.40. The predicted octanol–water partition coefficient (Wildman–Crippen LogP) is 14.0. The lowest BCUT2D eigenvalue weighted by atomic mass is 9.72. The van der Waals surface area contributed by atoms with E-state index < -0.39 is 5.41 Å². The average molecular weight is 694 g/mol. The van der Waals surface area contributed by atoms with Crippen LogP contribution in [0.25, 0.3) is 89.1 Å². The van der Waals surface area contributed by atoms with Gasteiger partial charge in [0.05, 0.1) is 16.6 Å². The second kappa shape index (κ2) is 11.8. The number of furan rings is 2. The minimum absolute atomic E-state index is 0.508. The molecule has 0 spiro atoms. The van der Waals surface area contributed by atoms with Gasteiger partial charge >= 0.3 is 0 Å². The smallest absolute Gasteiger partial charge is 0.143 e. The Bertz CT molecular complexity index is 3070. The quantitative estimate of drug-likeness (QED) is 0.180. The van der Waals surface area contributed by atoms with E-state index in [0.29, 0.717) is 0 Å². The standard InChI is InChI=1S/C51H35NO2/c1-51(30-16-27-41-39-24-12-14-29-45(39)54-50(41)51)43-32-35(37-25-15-26-40-38-23-11-13-28-44(38)53-49(37)40)31-42-46(33-17-5-2-6-18-33)47(34-19-7-3-8-20-34)52(48(42)43)36-21-9-4-10-22-36/h2-29,31-32H,30H2,1H3. The third kappa shape index (κ3) is 4.48. The van der Waals surface area contributed by atoms with E-state index >= 15 is 0 Å². The lowest BCUT2D eigenvalue weighted by Crippen LogP contribution is -2.26. The molecule has 3 nitrogen and oxygen atoms in total. The number of allylic oxidation sites excluding steroid dienone is 1. The van der Waals surface area contributed by atoms with Gasteiger partial charge in [-0.3, -0.25) is 0 Å². The van der Waals surface area contributed by atoms with Crippen LogP contribution in [0.3, 0.4) is 0 Å². The number of rotatable bonds is 5. The third-order valence-corrected chi connectivity index (χ3v) is 11.4. The van der Waals surface area contributed by atoms with Crippen LogP contribution in [0.2, 0.25) is 0 Å². The summed E-state index contributed by atoms with van der Waals surface area (Å²) in [5.74, 6) is 0.995. The van der Waals surface area contributed by atoms with Crippen molar-refractivity contribution in [2.75, 3.05) is 0 Å². The first kappa shape index (κ1) is 30.8. The largest absolute Gasteiger partial charge is 0.459 e. The maximum atomic E-state index is 6.94. The van der Waals surface area contributed by atoms with Crippen molar-refractivity contribution in [2.24, 2.45) is 0 Å². The summed E-state index contributed by atoms with van der Waals surface area (Å²) in [5, 5.41) is 4.56. The summed E-state index contributed by atoms with van der Waals surface area (Å²) >= 11 is 0. The van der Waals surface area contributed by atoms with E-state index in [1.54, 1.807) is 0 Å². The Labute approximate surface area is 313 Å². The molecule has 11 rings (SSSR count). The topological polar surface area (TPSA) is 31.2 Å². The third-order valence-electron chi connectivity index (χ3n) is 11.4. The molecule has 1 aliphatic rings. The van der Waals surface area contributed by atoms with E-state index in [1.807, 2.05) is 6.07 Å². The Morgan fingerprint density at radius 3 is 1.93 bits per heavy atom. The number of fused-ring (bicyclic) bond motifs is 7. The molecule has 0 amide bonds. The first-order chi connectivity index (χ1) is 26.7. The van der Waals surface area contributed by atoms with Gasteiger partial charge < -0.3 is 13.4 Å². The van der Waals surface area contributed by atoms with Crippen molar-refractivity contribution in [3.63, 3.8) is 0 Å². The Kier molecular flexibility index (Phi) is 6.74. The van der Waals surface area contributed by atoms with Gasteiger partial charge in [-0.15, -0.1) is 0 Å². The summed E-state index contributed by atoms with van der Waals surface area (Å²) in [6.07, 6.45) is 5.36. The van der Waals surface area contributed by atoms with E-state index in [1.165, 1.54) is 27.6 Å². The summed E-state index contributed by atoms with van der Waals surface area (Å²) < 4.78 is 16.1. The summed E-state index contributed by atoms with van der Waals surface area (Å²) in [6.45, 7) is 2.37. The molecule has 1 unspecified atom stereocenters. The Morgan fingerprint density at radius 2 is 1.17 bits per heavy atom. The molecule has 0 radical (unpaired) electrons. The highest BCUT2D eigenvalue weighted by molar-refractivity contribution is 6.13. The van der Waals surface area contributed by atoms with Crippen molar-refractivity contribution in [3.8, 4) is 39.2 Å². The van der Waals surface area contributed by atoms with Gasteiger partial charge in [-0.1, -0.05) is 146 Å². The zero-order chi connectivity index (χ0) is 35.8. The second-order valence-corrected chi connectivity index (χ2v) is 14.6. The number of aromatic nitrogens is 1. The molecule has 0 saturated heterocycles. The van der Waals surface area contributed by atoms with E-state index in [2.05, 4.69) is 187 Å². The van der Waals surface area contributed by atoms with Crippen molar-refractivity contribution >= 4 is 49.9 Å². The van der Waals surface area contributed by atoms with E-state index in [0.717, 1.165) is 78.7 Å². The molecular formula is C51H35NO2. The van der Waals surface area contributed by atoms with Crippen molar-refractivity contribution in [2.45, 2.75) is 18.8 Å². The van der Waals surface area contributed by atoms with Crippen LogP contribution in [0.1, 0.15) is 30.2 Å². The van der Waals surface area contributed by atoms with E-state index in [9.17, 15) is 0 Å². The number of hydrogen-bond donors (Lipinski definition) is 0. The summed E-state index contributed by atoms with van der Waals surface area (Å²) in [7, 11) is 0. The van der Waals surface area contributed by atoms with Crippen molar-refractivity contribution < 1.29 is 8.83 Å². The van der Waals surface area contributed by atoms with Crippen LogP contribution in [-0.4, -0.2) is 4.57 Å². The first-order valence-electron chi connectivity index (χ1n) is 18.7. The molecule has 3 heterocycles. The number of para-hydroxylation sites is 4. The van der Waals surface area contributed by atoms with Gasteiger partial charge in [0.1, 0.15) is 22.5 Å². The van der Waals surface area contributed by atoms with Crippen LogP contribution >= 0.6 is 0 Å². The lowest BCUT2D eigenvalue weighted by Gasteiger charge is -2.32. The zero-order valence-electron chi connectivity index (χ0n) is 29.8. The van der Waals surface area contributed by atoms with Crippen LogP contribution in [0, 0.1) is 0 Å². The van der Waals surface area contributed by atoms with Gasteiger partial charge in [0.25, 0.3) is 0 Å². The summed E-state index contributed by atoms with van der Waals surface area (Å²) in [4.78, 5) is 0. The van der Waals surface area contributed by atoms with Crippen molar-refractivity contribution in [3.05, 3.63) is 193 Å². The van der Waals surface area contributed by atoms with Gasteiger partial charge in [0, 0.05) is 43.9 Å². The fraction of sp³-hybridized carbons (Fsp3) is 0.0588. The normalized spacial score (nSPS) is 15.4. The fourth-order valence-corrected chi connectivity index (χ4v) is 8.95. The van der Waals surface area contributed by atoms with Crippen molar-refractivity contribution in [1.29, 1.82) is 0 Å². The zero-order valence-corrected chi connectivity index (χ0v) is 29.8. The molecule has 3 heteroatoms. The molecule has 1 atom stereocenters. The summed E-state index contributed by atoms with van der Waals surface area (Å²) in [5.41, 5.74) is 13.7. The van der Waals surface area contributed by atoms with Gasteiger partial charge in [-0.2, -0.15) is 0 Å². The molecule has 0 bridgehead atoms. The Morgan fingerprint density at radius 1 is 0.537 bits per heavy atom. The maximum Gasteiger partial charge on any atom is 0.143 e. The average Bonchev–Trinajstić information content (AvgIpc) is 3.92. The SMILES string of the molecule is CC1(c2cc(-c3cccc4c3oc3ccccc34)cc3c(-c4ccccc4)c(-c4ccccc4)n(-c4ccccc4)c23)CC=Cc2c1oc1ccccc21. The van der Waals surface area contributed by atoms with E-state index in [-0.39, 0.29) is 0 Å². The molecule has 3 aromatic heterocycles. The minimum Gasteiger partial charge on any atom is -0.459 e. The Hall–Kier alpha value is -6.84. The van der Waals surface area contributed by atoms with Crippen LogP contribution in [0.15, 0.2) is 185 Å². The van der Waals surface area contributed by atoms with Gasteiger partial charge in [-0.25, -0.2) is 0 Å². The molecular weight excluding hydrogens is 659 g/mol. The minimum atomic E-state index is -0.508. The summed E-state index contributed by atoms with van der Waals surface area (Å²) in [6, 6.07) is 60.6. The first-order valence-corrected chi connectivity index (χ1v) is 18.7. The van der Waals surface area contributed by atoms with Gasteiger partial charge in [-0.05, 0) is 72.0 Å². The molecule has 0 saturated carbocycles. The van der Waals surface area contributed by atoms with Crippen molar-refractivity contribution in [1.82, 2.24) is 4.57 Å². The molecule has 10 aromatic rings. The van der Waals surface area contributed by atoms with Crippen LogP contribution in [0.4, 0.5) is 0 Å². The highest BCUT2D eigenvalue weighted by atomic mass is 16.3. The highest BCUT2D eigenvalue weighted by Crippen LogP contribution is 2.52. The second-order valence-electron chi connectivity index (χ2n) is 14.6. The van der Waals surface area contributed by atoms with Gasteiger partial charge in [0.2, 0.25) is 0 Å². The molecule has 7 aromatic carbocycles. The van der Waals surface area contributed by atoms with E-state index in [4.69, 9.17) is 8.83 Å². The lowest BCUT2D eigenvalue weighted by molar-refractivity contribution is 0.427. The predicted molar refractivity (Wildman–Crippen MR) is 223 cm³/mol. The molecule has 0 aliphatic heterocycles.